The van der Waals surface area contributed by atoms with Crippen LogP contribution in [0, 0.1) is 13.8 Å². The lowest BCUT2D eigenvalue weighted by Gasteiger charge is -2.34. The van der Waals surface area contributed by atoms with Gasteiger partial charge in [-0.25, -0.2) is 0 Å². The van der Waals surface area contributed by atoms with Crippen LogP contribution in [0.2, 0.25) is 0 Å². The summed E-state index contributed by atoms with van der Waals surface area (Å²) in [6.07, 6.45) is 4.07. The molecule has 3 rings (SSSR count). The summed E-state index contributed by atoms with van der Waals surface area (Å²) in [7, 11) is 3.55. The van der Waals surface area contributed by atoms with Crippen LogP contribution < -0.4 is 4.74 Å². The number of carbonyl (C=O) groups is 2. The number of hydrogen-bond donors (Lipinski definition) is 0. The highest BCUT2D eigenvalue weighted by atomic mass is 16.5. The third-order valence-corrected chi connectivity index (χ3v) is 5.19. The fourth-order valence-electron chi connectivity index (χ4n) is 3.51. The summed E-state index contributed by atoms with van der Waals surface area (Å²) >= 11 is 0. The predicted molar refractivity (Wildman–Crippen MR) is 104 cm³/mol. The molecule has 6 nitrogen and oxygen atoms in total. The van der Waals surface area contributed by atoms with Gasteiger partial charge in [-0.3, -0.25) is 9.59 Å². The fourth-order valence-corrected chi connectivity index (χ4v) is 3.51. The molecule has 0 radical (unpaired) electrons. The minimum absolute atomic E-state index is 0.0318. The highest BCUT2D eigenvalue weighted by Gasteiger charge is 2.25. The molecular weight excluding hydrogens is 342 g/mol. The zero-order chi connectivity index (χ0) is 19.6. The predicted octanol–water partition coefficient (Wildman–Crippen LogP) is 2.18. The molecule has 6 heteroatoms. The number of nitrogens with zero attached hydrogens (tertiary/aromatic N) is 3. The van der Waals surface area contributed by atoms with E-state index in [0.717, 1.165) is 22.4 Å². The van der Waals surface area contributed by atoms with E-state index >= 15 is 0 Å². The molecule has 1 fully saturated rings. The van der Waals surface area contributed by atoms with E-state index in [1.165, 1.54) is 0 Å². The number of aromatic nitrogens is 1. The molecule has 2 amide bonds. The molecule has 0 unspecified atom stereocenters. The van der Waals surface area contributed by atoms with Crippen LogP contribution in [0.25, 0.3) is 0 Å². The molecule has 1 saturated heterocycles. The van der Waals surface area contributed by atoms with Gasteiger partial charge in [0.05, 0.1) is 19.1 Å². The van der Waals surface area contributed by atoms with Gasteiger partial charge in [0.2, 0.25) is 5.91 Å². The Labute approximate surface area is 160 Å². The Hall–Kier alpha value is -2.76. The summed E-state index contributed by atoms with van der Waals surface area (Å²) in [6.45, 7) is 6.28. The minimum Gasteiger partial charge on any atom is -0.496 e. The molecule has 27 heavy (non-hydrogen) atoms. The van der Waals surface area contributed by atoms with E-state index < -0.39 is 0 Å². The van der Waals surface area contributed by atoms with Crippen molar-refractivity contribution in [2.24, 2.45) is 7.05 Å². The molecule has 1 aliphatic heterocycles. The Kier molecular flexibility index (Phi) is 5.54. The van der Waals surface area contributed by atoms with E-state index in [9.17, 15) is 9.59 Å². The first-order valence-corrected chi connectivity index (χ1v) is 9.22. The molecule has 0 aliphatic carbocycles. The third-order valence-electron chi connectivity index (χ3n) is 5.19. The van der Waals surface area contributed by atoms with Gasteiger partial charge >= 0.3 is 0 Å². The molecule has 0 N–H and O–H groups in total. The van der Waals surface area contributed by atoms with Crippen molar-refractivity contribution in [3.8, 4) is 5.75 Å². The lowest BCUT2D eigenvalue weighted by Crippen LogP contribution is -2.51. The van der Waals surface area contributed by atoms with Gasteiger partial charge in [0.1, 0.15) is 5.75 Å². The number of methoxy groups -OCH3 is 1. The summed E-state index contributed by atoms with van der Waals surface area (Å²) in [5.74, 6) is 0.982. The van der Waals surface area contributed by atoms with Crippen LogP contribution >= 0.6 is 0 Å². The molecule has 2 heterocycles. The average molecular weight is 369 g/mol. The second-order valence-electron chi connectivity index (χ2n) is 7.16. The maximum absolute atomic E-state index is 12.7. The number of ether oxygens (including phenoxy) is 1. The van der Waals surface area contributed by atoms with Crippen molar-refractivity contribution in [2.45, 2.75) is 20.3 Å². The topological polar surface area (TPSA) is 54.8 Å². The number of hydrogen-bond acceptors (Lipinski definition) is 3. The third kappa shape index (κ3) is 4.15. The zero-order valence-corrected chi connectivity index (χ0v) is 16.5. The SMILES string of the molecule is COc1cc(C)c(CC(=O)N2CCN(C(=O)c3ccn(C)c3)CC2)cc1C. The van der Waals surface area contributed by atoms with Crippen molar-refractivity contribution in [1.82, 2.24) is 14.4 Å². The molecule has 1 aliphatic rings. The van der Waals surface area contributed by atoms with Crippen molar-refractivity contribution in [3.63, 3.8) is 0 Å². The lowest BCUT2D eigenvalue weighted by atomic mass is 10.0. The first-order chi connectivity index (χ1) is 12.9. The van der Waals surface area contributed by atoms with Gasteiger partial charge in [0.15, 0.2) is 0 Å². The first kappa shape index (κ1) is 19.0. The van der Waals surface area contributed by atoms with Crippen molar-refractivity contribution in [1.29, 1.82) is 0 Å². The van der Waals surface area contributed by atoms with Crippen molar-refractivity contribution < 1.29 is 14.3 Å². The van der Waals surface area contributed by atoms with E-state index in [1.807, 2.05) is 65.9 Å². The summed E-state index contributed by atoms with van der Waals surface area (Å²) in [4.78, 5) is 28.9. The van der Waals surface area contributed by atoms with Gasteiger partial charge < -0.3 is 19.1 Å². The summed E-state index contributed by atoms with van der Waals surface area (Å²) < 4.78 is 7.21. The first-order valence-electron chi connectivity index (χ1n) is 9.22. The maximum atomic E-state index is 12.7. The van der Waals surface area contributed by atoms with E-state index in [0.29, 0.717) is 38.2 Å². The Bertz CT molecular complexity index is 848. The summed E-state index contributed by atoms with van der Waals surface area (Å²) in [6, 6.07) is 5.84. The number of piperazine rings is 1. The van der Waals surface area contributed by atoms with Crippen LogP contribution in [0.5, 0.6) is 5.75 Å². The molecule has 1 aromatic carbocycles. The second-order valence-corrected chi connectivity index (χ2v) is 7.16. The summed E-state index contributed by atoms with van der Waals surface area (Å²) in [5, 5.41) is 0. The van der Waals surface area contributed by atoms with Crippen LogP contribution in [0.4, 0.5) is 0 Å². The van der Waals surface area contributed by atoms with Gasteiger partial charge in [-0.15, -0.1) is 0 Å². The van der Waals surface area contributed by atoms with E-state index in [-0.39, 0.29) is 11.8 Å². The minimum atomic E-state index is 0.0318. The number of benzene rings is 1. The number of carbonyl (C=O) groups excluding carboxylic acids is 2. The smallest absolute Gasteiger partial charge is 0.255 e. The molecule has 0 saturated carbocycles. The van der Waals surface area contributed by atoms with Gasteiger partial charge in [0, 0.05) is 45.6 Å². The van der Waals surface area contributed by atoms with E-state index in [2.05, 4.69) is 0 Å². The van der Waals surface area contributed by atoms with Crippen LogP contribution in [-0.2, 0) is 18.3 Å². The van der Waals surface area contributed by atoms with Crippen molar-refractivity contribution in [3.05, 3.63) is 52.8 Å². The van der Waals surface area contributed by atoms with Crippen LogP contribution in [0.15, 0.2) is 30.6 Å². The quantitative estimate of drug-likeness (QED) is 0.830. The van der Waals surface area contributed by atoms with Gasteiger partial charge in [-0.05, 0) is 42.7 Å². The molecule has 0 atom stereocenters. The number of amides is 2. The number of aryl methyl sites for hydroxylation is 3. The van der Waals surface area contributed by atoms with Gasteiger partial charge in [-0.2, -0.15) is 0 Å². The molecule has 2 aromatic rings. The van der Waals surface area contributed by atoms with Crippen molar-refractivity contribution in [2.75, 3.05) is 33.3 Å². The molecular formula is C21H27N3O3. The Balaban J connectivity index is 1.59. The standard InChI is InChI=1S/C21H27N3O3/c1-15-12-19(27-4)16(2)11-18(15)13-20(25)23-7-9-24(10-8-23)21(26)17-5-6-22(3)14-17/h5-6,11-12,14H,7-10,13H2,1-4H3. The normalized spacial score (nSPS) is 14.4. The molecule has 144 valence electrons. The van der Waals surface area contributed by atoms with Gasteiger partial charge in [0.25, 0.3) is 5.91 Å². The maximum Gasteiger partial charge on any atom is 0.255 e. The fraction of sp³-hybridized carbons (Fsp3) is 0.429. The Morgan fingerprint density at radius 2 is 1.70 bits per heavy atom. The highest BCUT2D eigenvalue weighted by molar-refractivity contribution is 5.94. The number of rotatable bonds is 4. The molecule has 1 aromatic heterocycles. The van der Waals surface area contributed by atoms with Crippen molar-refractivity contribution >= 4 is 11.8 Å². The largest absolute Gasteiger partial charge is 0.496 e. The Morgan fingerprint density at radius 3 is 2.30 bits per heavy atom. The summed E-state index contributed by atoms with van der Waals surface area (Å²) in [5.41, 5.74) is 3.82. The van der Waals surface area contributed by atoms with Crippen LogP contribution in [0.1, 0.15) is 27.0 Å². The molecule has 0 bridgehead atoms. The van der Waals surface area contributed by atoms with Crippen LogP contribution in [0.3, 0.4) is 0 Å². The highest BCUT2D eigenvalue weighted by Crippen LogP contribution is 2.23. The van der Waals surface area contributed by atoms with Crippen LogP contribution in [-0.4, -0.2) is 59.5 Å². The van der Waals surface area contributed by atoms with E-state index in [4.69, 9.17) is 4.74 Å². The van der Waals surface area contributed by atoms with E-state index in [1.54, 1.807) is 7.11 Å². The van der Waals surface area contributed by atoms with Gasteiger partial charge in [-0.1, -0.05) is 6.07 Å². The zero-order valence-electron chi connectivity index (χ0n) is 16.5. The Morgan fingerprint density at radius 1 is 1.04 bits per heavy atom. The monoisotopic (exact) mass is 369 g/mol. The molecule has 0 spiro atoms. The average Bonchev–Trinajstić information content (AvgIpc) is 3.10. The lowest BCUT2D eigenvalue weighted by molar-refractivity contribution is -0.131. The second kappa shape index (κ2) is 7.86.